The number of thiazole rings is 1. The molecule has 1 aromatic heterocycles. The maximum Gasteiger partial charge on any atom is 0.321 e. The number of hydrogen-bond donors (Lipinski definition) is 2. The standard InChI is InChI=1S/C13H14ClN3OS/c1-9-8-19-13(16-9)17-12(18)15-6-5-10-3-2-4-11(14)7-10/h2-4,7-8H,5-6H2,1H3,(H2,15,16,17,18). The Morgan fingerprint density at radius 2 is 2.32 bits per heavy atom. The Labute approximate surface area is 120 Å². The molecule has 0 radical (unpaired) electrons. The molecule has 19 heavy (non-hydrogen) atoms. The summed E-state index contributed by atoms with van der Waals surface area (Å²) in [7, 11) is 0. The van der Waals surface area contributed by atoms with Gasteiger partial charge in [-0.1, -0.05) is 23.7 Å². The van der Waals surface area contributed by atoms with Gasteiger partial charge in [-0.15, -0.1) is 11.3 Å². The fourth-order valence-corrected chi connectivity index (χ4v) is 2.46. The number of halogens is 1. The number of carbonyl (C=O) groups excluding carboxylic acids is 1. The van der Waals surface area contributed by atoms with Crippen LogP contribution < -0.4 is 10.6 Å². The first-order valence-electron chi connectivity index (χ1n) is 5.85. The van der Waals surface area contributed by atoms with Gasteiger partial charge in [0.2, 0.25) is 0 Å². The Morgan fingerprint density at radius 3 is 3.00 bits per heavy atom. The number of rotatable bonds is 4. The van der Waals surface area contributed by atoms with Crippen LogP contribution in [0.3, 0.4) is 0 Å². The molecule has 0 aliphatic heterocycles. The van der Waals surface area contributed by atoms with Gasteiger partial charge in [0.15, 0.2) is 5.13 Å². The molecule has 0 fully saturated rings. The lowest BCUT2D eigenvalue weighted by molar-refractivity contribution is 0.252. The van der Waals surface area contributed by atoms with Crippen molar-refractivity contribution in [1.82, 2.24) is 10.3 Å². The number of nitrogens with zero attached hydrogens (tertiary/aromatic N) is 1. The van der Waals surface area contributed by atoms with Crippen LogP contribution in [0.1, 0.15) is 11.3 Å². The van der Waals surface area contributed by atoms with Crippen molar-refractivity contribution < 1.29 is 4.79 Å². The van der Waals surface area contributed by atoms with Gasteiger partial charge in [0.25, 0.3) is 0 Å². The van der Waals surface area contributed by atoms with E-state index in [2.05, 4.69) is 15.6 Å². The highest BCUT2D eigenvalue weighted by atomic mass is 35.5. The van der Waals surface area contributed by atoms with Crippen LogP contribution >= 0.6 is 22.9 Å². The summed E-state index contributed by atoms with van der Waals surface area (Å²) in [4.78, 5) is 15.8. The van der Waals surface area contributed by atoms with Gasteiger partial charge in [0.05, 0.1) is 5.69 Å². The molecule has 0 aliphatic rings. The maximum absolute atomic E-state index is 11.6. The number of carbonyl (C=O) groups is 1. The first-order chi connectivity index (χ1) is 9.13. The summed E-state index contributed by atoms with van der Waals surface area (Å²) < 4.78 is 0. The SMILES string of the molecule is Cc1csc(NC(=O)NCCc2cccc(Cl)c2)n1. The predicted molar refractivity (Wildman–Crippen MR) is 79.0 cm³/mol. The van der Waals surface area contributed by atoms with E-state index in [0.29, 0.717) is 16.7 Å². The zero-order chi connectivity index (χ0) is 13.7. The van der Waals surface area contributed by atoms with Crippen molar-refractivity contribution in [3.8, 4) is 0 Å². The first kappa shape index (κ1) is 13.8. The summed E-state index contributed by atoms with van der Waals surface area (Å²) >= 11 is 7.30. The summed E-state index contributed by atoms with van der Waals surface area (Å²) in [6, 6.07) is 7.36. The topological polar surface area (TPSA) is 54.0 Å². The zero-order valence-corrected chi connectivity index (χ0v) is 12.0. The van der Waals surface area contributed by atoms with Crippen molar-refractivity contribution >= 4 is 34.1 Å². The van der Waals surface area contributed by atoms with Crippen LogP contribution in [0.15, 0.2) is 29.6 Å². The normalized spacial score (nSPS) is 10.2. The third kappa shape index (κ3) is 4.54. The largest absolute Gasteiger partial charge is 0.337 e. The number of nitrogens with one attached hydrogen (secondary N) is 2. The molecule has 0 saturated heterocycles. The Hall–Kier alpha value is -1.59. The maximum atomic E-state index is 11.6. The van der Waals surface area contributed by atoms with Crippen molar-refractivity contribution in [3.05, 3.63) is 45.9 Å². The van der Waals surface area contributed by atoms with Gasteiger partial charge in [-0.25, -0.2) is 9.78 Å². The summed E-state index contributed by atoms with van der Waals surface area (Å²) in [5.41, 5.74) is 2.00. The van der Waals surface area contributed by atoms with Gasteiger partial charge in [-0.05, 0) is 31.0 Å². The molecule has 0 atom stereocenters. The highest BCUT2D eigenvalue weighted by Crippen LogP contribution is 2.14. The van der Waals surface area contributed by atoms with Crippen molar-refractivity contribution in [2.45, 2.75) is 13.3 Å². The number of hydrogen-bond acceptors (Lipinski definition) is 3. The zero-order valence-electron chi connectivity index (χ0n) is 10.4. The van der Waals surface area contributed by atoms with Crippen LogP contribution in [0, 0.1) is 6.92 Å². The predicted octanol–water partition coefficient (Wildman–Crippen LogP) is 3.47. The monoisotopic (exact) mass is 295 g/mol. The van der Waals surface area contributed by atoms with Gasteiger partial charge in [-0.2, -0.15) is 0 Å². The second kappa shape index (κ2) is 6.54. The average Bonchev–Trinajstić information content (AvgIpc) is 2.75. The number of aromatic nitrogens is 1. The number of urea groups is 1. The lowest BCUT2D eigenvalue weighted by Crippen LogP contribution is -2.30. The molecule has 2 N–H and O–H groups in total. The molecule has 0 saturated carbocycles. The molecule has 0 unspecified atom stereocenters. The Kier molecular flexibility index (Phi) is 4.76. The van der Waals surface area contributed by atoms with Crippen LogP contribution in [0.25, 0.3) is 0 Å². The molecule has 6 heteroatoms. The molecule has 4 nitrogen and oxygen atoms in total. The molecule has 2 aromatic rings. The Morgan fingerprint density at radius 1 is 1.47 bits per heavy atom. The second-order valence-corrected chi connectivity index (χ2v) is 5.35. The average molecular weight is 296 g/mol. The fourth-order valence-electron chi connectivity index (χ4n) is 1.57. The van der Waals surface area contributed by atoms with Crippen molar-refractivity contribution in [2.24, 2.45) is 0 Å². The quantitative estimate of drug-likeness (QED) is 0.907. The Bertz CT molecular complexity index is 571. The van der Waals surface area contributed by atoms with Crippen molar-refractivity contribution in [1.29, 1.82) is 0 Å². The first-order valence-corrected chi connectivity index (χ1v) is 7.10. The van der Waals surface area contributed by atoms with Crippen LogP contribution in [0.2, 0.25) is 5.02 Å². The van der Waals surface area contributed by atoms with E-state index in [-0.39, 0.29) is 6.03 Å². The molecule has 2 amide bonds. The lowest BCUT2D eigenvalue weighted by atomic mass is 10.1. The third-order valence-electron chi connectivity index (χ3n) is 2.43. The summed E-state index contributed by atoms with van der Waals surface area (Å²) in [5, 5.41) is 8.68. The molecular weight excluding hydrogens is 282 g/mol. The molecule has 1 aromatic carbocycles. The van der Waals surface area contributed by atoms with E-state index in [0.717, 1.165) is 17.7 Å². The van der Waals surface area contributed by atoms with E-state index in [1.165, 1.54) is 11.3 Å². The number of aryl methyl sites for hydroxylation is 1. The van der Waals surface area contributed by atoms with Gasteiger partial charge < -0.3 is 5.32 Å². The molecule has 100 valence electrons. The van der Waals surface area contributed by atoms with Crippen LogP contribution in [-0.4, -0.2) is 17.6 Å². The Balaban J connectivity index is 1.75. The second-order valence-electron chi connectivity index (χ2n) is 4.05. The van der Waals surface area contributed by atoms with Gasteiger partial charge in [0, 0.05) is 16.9 Å². The van der Waals surface area contributed by atoms with Crippen LogP contribution in [-0.2, 0) is 6.42 Å². The van der Waals surface area contributed by atoms with Gasteiger partial charge in [0.1, 0.15) is 0 Å². The lowest BCUT2D eigenvalue weighted by Gasteiger charge is -2.05. The minimum Gasteiger partial charge on any atom is -0.337 e. The van der Waals surface area contributed by atoms with E-state index in [1.807, 2.05) is 36.6 Å². The summed E-state index contributed by atoms with van der Waals surface area (Å²) in [5.74, 6) is 0. The third-order valence-corrected chi connectivity index (χ3v) is 3.54. The van der Waals surface area contributed by atoms with Crippen LogP contribution in [0.5, 0.6) is 0 Å². The van der Waals surface area contributed by atoms with E-state index < -0.39 is 0 Å². The van der Waals surface area contributed by atoms with E-state index in [4.69, 9.17) is 11.6 Å². The smallest absolute Gasteiger partial charge is 0.321 e. The molecule has 2 rings (SSSR count). The van der Waals surface area contributed by atoms with Crippen molar-refractivity contribution in [3.63, 3.8) is 0 Å². The highest BCUT2D eigenvalue weighted by molar-refractivity contribution is 7.13. The van der Waals surface area contributed by atoms with E-state index in [1.54, 1.807) is 0 Å². The van der Waals surface area contributed by atoms with Gasteiger partial charge >= 0.3 is 6.03 Å². The fraction of sp³-hybridized carbons (Fsp3) is 0.231. The number of benzene rings is 1. The van der Waals surface area contributed by atoms with Crippen LogP contribution in [0.4, 0.5) is 9.93 Å². The van der Waals surface area contributed by atoms with Gasteiger partial charge in [-0.3, -0.25) is 5.32 Å². The minimum absolute atomic E-state index is 0.239. The molecule has 0 aliphatic carbocycles. The molecular formula is C13H14ClN3OS. The molecule has 0 bridgehead atoms. The number of anilines is 1. The summed E-state index contributed by atoms with van der Waals surface area (Å²) in [6.45, 7) is 2.44. The van der Waals surface area contributed by atoms with E-state index >= 15 is 0 Å². The minimum atomic E-state index is -0.239. The highest BCUT2D eigenvalue weighted by Gasteiger charge is 2.04. The van der Waals surface area contributed by atoms with E-state index in [9.17, 15) is 4.79 Å². The molecule has 1 heterocycles. The number of amides is 2. The summed E-state index contributed by atoms with van der Waals surface area (Å²) in [6.07, 6.45) is 0.741. The molecule has 0 spiro atoms. The van der Waals surface area contributed by atoms with Crippen molar-refractivity contribution in [2.75, 3.05) is 11.9 Å².